The topological polar surface area (TPSA) is 31.4 Å². The molecule has 30 heavy (non-hydrogen) atoms. The zero-order valence-corrected chi connectivity index (χ0v) is 19.2. The average molecular weight is 466 g/mol. The molecule has 1 N–H and O–H groups in total. The second-order valence-electron chi connectivity index (χ2n) is 7.42. The molecule has 2 heterocycles. The fourth-order valence-corrected chi connectivity index (χ4v) is 4.21. The summed E-state index contributed by atoms with van der Waals surface area (Å²) in [6, 6.07) is 18.2. The minimum atomic E-state index is 0. The number of piperazine rings is 1. The van der Waals surface area contributed by atoms with E-state index in [4.69, 9.17) is 23.2 Å². The quantitative estimate of drug-likeness (QED) is 0.435. The predicted molar refractivity (Wildman–Crippen MR) is 132 cm³/mol. The third-order valence-corrected chi connectivity index (χ3v) is 6.26. The monoisotopic (exact) mass is 464 g/mol. The SMILES string of the molecule is Cl.Clc1cccc(N2CCN(CCCCNc3ccc4ccccc4n3)CC2)c1Cl. The Hall–Kier alpha value is -1.72. The van der Waals surface area contributed by atoms with Crippen LogP contribution in [0.1, 0.15) is 12.8 Å². The Morgan fingerprint density at radius 3 is 2.50 bits per heavy atom. The summed E-state index contributed by atoms with van der Waals surface area (Å²) in [5, 5.41) is 5.91. The highest BCUT2D eigenvalue weighted by Gasteiger charge is 2.19. The molecule has 0 spiro atoms. The molecule has 1 aromatic heterocycles. The first-order valence-electron chi connectivity index (χ1n) is 10.2. The fourth-order valence-electron chi connectivity index (χ4n) is 3.79. The van der Waals surface area contributed by atoms with E-state index < -0.39 is 0 Å². The second-order valence-corrected chi connectivity index (χ2v) is 8.21. The number of nitrogens with zero attached hydrogens (tertiary/aromatic N) is 3. The van der Waals surface area contributed by atoms with Gasteiger partial charge in [-0.1, -0.05) is 47.5 Å². The Morgan fingerprint density at radius 1 is 0.867 bits per heavy atom. The maximum Gasteiger partial charge on any atom is 0.126 e. The van der Waals surface area contributed by atoms with Gasteiger partial charge in [0.1, 0.15) is 5.82 Å². The molecule has 160 valence electrons. The van der Waals surface area contributed by atoms with Crippen LogP contribution in [0, 0.1) is 0 Å². The summed E-state index contributed by atoms with van der Waals surface area (Å²) >= 11 is 12.5. The van der Waals surface area contributed by atoms with E-state index >= 15 is 0 Å². The van der Waals surface area contributed by atoms with Crippen LogP contribution in [0.15, 0.2) is 54.6 Å². The summed E-state index contributed by atoms with van der Waals surface area (Å²) < 4.78 is 0. The summed E-state index contributed by atoms with van der Waals surface area (Å²) in [6.07, 6.45) is 2.31. The summed E-state index contributed by atoms with van der Waals surface area (Å²) in [6.45, 7) is 6.16. The van der Waals surface area contributed by atoms with E-state index in [1.807, 2.05) is 24.3 Å². The van der Waals surface area contributed by atoms with Gasteiger partial charge in [-0.05, 0) is 49.7 Å². The van der Waals surface area contributed by atoms with E-state index in [2.05, 4.69) is 50.4 Å². The van der Waals surface area contributed by atoms with E-state index in [9.17, 15) is 0 Å². The normalized spacial score (nSPS) is 14.5. The van der Waals surface area contributed by atoms with E-state index in [0.29, 0.717) is 10.0 Å². The van der Waals surface area contributed by atoms with Crippen LogP contribution in [-0.4, -0.2) is 49.2 Å². The Kier molecular flexibility index (Phi) is 8.46. The van der Waals surface area contributed by atoms with Gasteiger partial charge in [0.15, 0.2) is 0 Å². The number of aromatic nitrogens is 1. The van der Waals surface area contributed by atoms with E-state index in [1.54, 1.807) is 0 Å². The molecule has 0 radical (unpaired) electrons. The Bertz CT molecular complexity index is 958. The first-order chi connectivity index (χ1) is 14.2. The molecule has 3 aromatic rings. The van der Waals surface area contributed by atoms with Crippen molar-refractivity contribution in [2.24, 2.45) is 0 Å². The number of unbranched alkanes of at least 4 members (excludes halogenated alkanes) is 1. The Labute approximate surface area is 194 Å². The molecule has 0 amide bonds. The second kappa shape index (κ2) is 11.1. The molecule has 1 aliphatic rings. The van der Waals surface area contributed by atoms with Gasteiger partial charge in [0, 0.05) is 38.1 Å². The molecule has 1 fully saturated rings. The van der Waals surface area contributed by atoms with Crippen molar-refractivity contribution >= 4 is 58.0 Å². The summed E-state index contributed by atoms with van der Waals surface area (Å²) in [7, 11) is 0. The molecule has 0 aliphatic carbocycles. The van der Waals surface area contributed by atoms with Crippen LogP contribution >= 0.6 is 35.6 Å². The minimum Gasteiger partial charge on any atom is -0.370 e. The number of rotatable bonds is 7. The first kappa shape index (κ1) is 23.0. The van der Waals surface area contributed by atoms with Crippen molar-refractivity contribution in [3.05, 3.63) is 64.6 Å². The number of para-hydroxylation sites is 1. The van der Waals surface area contributed by atoms with Gasteiger partial charge >= 0.3 is 0 Å². The molecule has 2 aromatic carbocycles. The molecule has 1 aliphatic heterocycles. The van der Waals surface area contributed by atoms with Crippen LogP contribution in [0.2, 0.25) is 10.0 Å². The zero-order chi connectivity index (χ0) is 20.1. The van der Waals surface area contributed by atoms with Gasteiger partial charge in [0.25, 0.3) is 0 Å². The molecule has 4 rings (SSSR count). The highest BCUT2D eigenvalue weighted by molar-refractivity contribution is 6.43. The first-order valence-corrected chi connectivity index (χ1v) is 11.0. The summed E-state index contributed by atoms with van der Waals surface area (Å²) in [5.74, 6) is 0.954. The Balaban J connectivity index is 0.00000256. The molecular weight excluding hydrogens is 439 g/mol. The van der Waals surface area contributed by atoms with Crippen LogP contribution < -0.4 is 10.2 Å². The zero-order valence-electron chi connectivity index (χ0n) is 16.9. The maximum absolute atomic E-state index is 6.36. The Morgan fingerprint density at radius 2 is 1.67 bits per heavy atom. The lowest BCUT2D eigenvalue weighted by molar-refractivity contribution is 0.254. The van der Waals surface area contributed by atoms with Crippen molar-refractivity contribution in [3.63, 3.8) is 0 Å². The molecule has 1 saturated heterocycles. The van der Waals surface area contributed by atoms with E-state index in [0.717, 1.165) is 62.7 Å². The number of pyridine rings is 1. The molecule has 0 saturated carbocycles. The van der Waals surface area contributed by atoms with Gasteiger partial charge in [0.2, 0.25) is 0 Å². The highest BCUT2D eigenvalue weighted by atomic mass is 35.5. The van der Waals surface area contributed by atoms with Crippen molar-refractivity contribution in [2.75, 3.05) is 49.5 Å². The van der Waals surface area contributed by atoms with Gasteiger partial charge in [-0.3, -0.25) is 4.90 Å². The largest absolute Gasteiger partial charge is 0.370 e. The van der Waals surface area contributed by atoms with Gasteiger partial charge < -0.3 is 10.2 Å². The van der Waals surface area contributed by atoms with Gasteiger partial charge in [-0.25, -0.2) is 4.98 Å². The van der Waals surface area contributed by atoms with E-state index in [1.165, 1.54) is 11.8 Å². The van der Waals surface area contributed by atoms with Crippen LogP contribution in [0.4, 0.5) is 11.5 Å². The lowest BCUT2D eigenvalue weighted by Crippen LogP contribution is -2.46. The third-order valence-electron chi connectivity index (χ3n) is 5.45. The predicted octanol–water partition coefficient (Wildman–Crippen LogP) is 5.98. The van der Waals surface area contributed by atoms with Crippen molar-refractivity contribution in [3.8, 4) is 0 Å². The van der Waals surface area contributed by atoms with Crippen molar-refractivity contribution in [2.45, 2.75) is 12.8 Å². The van der Waals surface area contributed by atoms with Crippen LogP contribution in [0.3, 0.4) is 0 Å². The standard InChI is InChI=1S/C23H26Cl2N4.ClH/c24-19-7-5-9-21(23(19)25)29-16-14-28(15-17-29)13-4-3-12-26-22-11-10-18-6-1-2-8-20(18)27-22;/h1-2,5-11H,3-4,12-17H2,(H,26,27);1H. The van der Waals surface area contributed by atoms with E-state index in [-0.39, 0.29) is 12.4 Å². The number of anilines is 2. The number of benzene rings is 2. The smallest absolute Gasteiger partial charge is 0.126 e. The highest BCUT2D eigenvalue weighted by Crippen LogP contribution is 2.32. The lowest BCUT2D eigenvalue weighted by atomic mass is 10.2. The average Bonchev–Trinajstić information content (AvgIpc) is 2.76. The maximum atomic E-state index is 6.36. The molecule has 7 heteroatoms. The fraction of sp³-hybridized carbons (Fsp3) is 0.348. The van der Waals surface area contributed by atoms with Gasteiger partial charge in [0.05, 0.1) is 21.2 Å². The molecule has 0 unspecified atom stereocenters. The third kappa shape index (κ3) is 5.70. The number of hydrogen-bond acceptors (Lipinski definition) is 4. The summed E-state index contributed by atoms with van der Waals surface area (Å²) in [5.41, 5.74) is 2.08. The number of nitrogens with one attached hydrogen (secondary N) is 1. The molecule has 0 bridgehead atoms. The van der Waals surface area contributed by atoms with Crippen molar-refractivity contribution < 1.29 is 0 Å². The minimum absolute atomic E-state index is 0. The van der Waals surface area contributed by atoms with Gasteiger partial charge in [-0.2, -0.15) is 0 Å². The van der Waals surface area contributed by atoms with Crippen LogP contribution in [0.5, 0.6) is 0 Å². The molecular formula is C23H27Cl3N4. The van der Waals surface area contributed by atoms with Crippen LogP contribution in [0.25, 0.3) is 10.9 Å². The number of fused-ring (bicyclic) bond motifs is 1. The van der Waals surface area contributed by atoms with Crippen LogP contribution in [-0.2, 0) is 0 Å². The molecule has 0 atom stereocenters. The lowest BCUT2D eigenvalue weighted by Gasteiger charge is -2.36. The number of hydrogen-bond donors (Lipinski definition) is 1. The number of halogens is 3. The molecule has 4 nitrogen and oxygen atoms in total. The van der Waals surface area contributed by atoms with Crippen molar-refractivity contribution in [1.29, 1.82) is 0 Å². The van der Waals surface area contributed by atoms with Gasteiger partial charge in [-0.15, -0.1) is 12.4 Å². The summed E-state index contributed by atoms with van der Waals surface area (Å²) in [4.78, 5) is 9.53. The van der Waals surface area contributed by atoms with Crippen molar-refractivity contribution in [1.82, 2.24) is 9.88 Å².